The number of nitrogens with two attached hydrogens (primary N) is 2. The first kappa shape index (κ1) is 15.5. The van der Waals surface area contributed by atoms with Gasteiger partial charge in [0.1, 0.15) is 6.54 Å². The summed E-state index contributed by atoms with van der Waals surface area (Å²) in [5.41, 5.74) is 10.4. The van der Waals surface area contributed by atoms with Crippen LogP contribution < -0.4 is 11.5 Å². The molecule has 0 saturated heterocycles. The third-order valence-corrected chi connectivity index (χ3v) is 2.91. The molecule has 1 saturated carbocycles. The van der Waals surface area contributed by atoms with Crippen LogP contribution in [0, 0.1) is 0 Å². The van der Waals surface area contributed by atoms with Gasteiger partial charge in [0.2, 0.25) is 5.91 Å². The van der Waals surface area contributed by atoms with Crippen molar-refractivity contribution in [3.8, 4) is 0 Å². The maximum absolute atomic E-state index is 11.7. The first-order valence-electron chi connectivity index (χ1n) is 5.42. The molecule has 0 aromatic carbocycles. The number of amides is 1. The molecule has 0 aliphatic heterocycles. The SMILES string of the molecule is CN(C(=O)CN=C(N)N)C1CCCCC1.I. The van der Waals surface area contributed by atoms with Crippen molar-refractivity contribution in [1.29, 1.82) is 0 Å². The number of carbonyl (C=O) groups excluding carboxylic acids is 1. The molecule has 16 heavy (non-hydrogen) atoms. The first-order chi connectivity index (χ1) is 7.11. The molecule has 1 aliphatic carbocycles. The van der Waals surface area contributed by atoms with Crippen molar-refractivity contribution in [2.45, 2.75) is 38.1 Å². The van der Waals surface area contributed by atoms with Crippen molar-refractivity contribution in [2.75, 3.05) is 13.6 Å². The molecule has 4 N–H and O–H groups in total. The molecule has 0 unspecified atom stereocenters. The van der Waals surface area contributed by atoms with Crippen LogP contribution in [0.4, 0.5) is 0 Å². The molecule has 0 aromatic rings. The lowest BCUT2D eigenvalue weighted by atomic mass is 9.94. The normalized spacial score (nSPS) is 16.1. The molecule has 6 heteroatoms. The van der Waals surface area contributed by atoms with Gasteiger partial charge in [-0.15, -0.1) is 24.0 Å². The Morgan fingerprint density at radius 3 is 2.38 bits per heavy atom. The lowest BCUT2D eigenvalue weighted by Gasteiger charge is -2.30. The van der Waals surface area contributed by atoms with Crippen molar-refractivity contribution < 1.29 is 4.79 Å². The Hall–Kier alpha value is -0.530. The highest BCUT2D eigenvalue weighted by Crippen LogP contribution is 2.21. The topological polar surface area (TPSA) is 84.7 Å². The fourth-order valence-corrected chi connectivity index (χ4v) is 1.94. The van der Waals surface area contributed by atoms with Crippen molar-refractivity contribution >= 4 is 35.8 Å². The number of guanidine groups is 1. The summed E-state index contributed by atoms with van der Waals surface area (Å²) in [6, 6.07) is 0.375. The van der Waals surface area contributed by atoms with E-state index in [0.29, 0.717) is 6.04 Å². The minimum absolute atomic E-state index is 0. The molecule has 0 aromatic heterocycles. The van der Waals surface area contributed by atoms with Gasteiger partial charge in [-0.05, 0) is 12.8 Å². The maximum atomic E-state index is 11.7. The third-order valence-electron chi connectivity index (χ3n) is 2.91. The Morgan fingerprint density at radius 1 is 1.31 bits per heavy atom. The second kappa shape index (κ2) is 7.70. The van der Waals surface area contributed by atoms with Crippen molar-refractivity contribution in [2.24, 2.45) is 16.5 Å². The van der Waals surface area contributed by atoms with Gasteiger partial charge in [-0.2, -0.15) is 0 Å². The van der Waals surface area contributed by atoms with Crippen LogP contribution in [-0.2, 0) is 4.79 Å². The highest BCUT2D eigenvalue weighted by molar-refractivity contribution is 14.0. The summed E-state index contributed by atoms with van der Waals surface area (Å²) < 4.78 is 0. The maximum Gasteiger partial charge on any atom is 0.244 e. The van der Waals surface area contributed by atoms with E-state index in [4.69, 9.17) is 11.5 Å². The smallest absolute Gasteiger partial charge is 0.244 e. The van der Waals surface area contributed by atoms with E-state index in [-0.39, 0.29) is 42.4 Å². The molecule has 94 valence electrons. The number of halogens is 1. The minimum Gasteiger partial charge on any atom is -0.370 e. The van der Waals surface area contributed by atoms with E-state index in [0.717, 1.165) is 12.8 Å². The standard InChI is InChI=1S/C10H20N4O.HI/c1-14(8-5-3-2-4-6-8)9(15)7-13-10(11)12;/h8H,2-7H2,1H3,(H4,11,12,13);1H. The molecular formula is C10H21IN4O. The van der Waals surface area contributed by atoms with Crippen LogP contribution in [0.5, 0.6) is 0 Å². The Balaban J connectivity index is 0.00000225. The van der Waals surface area contributed by atoms with Crippen LogP contribution in [0.3, 0.4) is 0 Å². The zero-order chi connectivity index (χ0) is 11.3. The lowest BCUT2D eigenvalue weighted by molar-refractivity contribution is -0.130. The van der Waals surface area contributed by atoms with Gasteiger partial charge in [0.05, 0.1) is 0 Å². The first-order valence-corrected chi connectivity index (χ1v) is 5.42. The van der Waals surface area contributed by atoms with Gasteiger partial charge in [0.25, 0.3) is 0 Å². The molecule has 0 spiro atoms. The zero-order valence-electron chi connectivity index (χ0n) is 9.69. The summed E-state index contributed by atoms with van der Waals surface area (Å²) >= 11 is 0. The van der Waals surface area contributed by atoms with E-state index in [1.54, 1.807) is 4.90 Å². The molecule has 0 heterocycles. The van der Waals surface area contributed by atoms with Gasteiger partial charge in [0.15, 0.2) is 5.96 Å². The Labute approximate surface area is 114 Å². The van der Waals surface area contributed by atoms with Crippen LogP contribution in [0.15, 0.2) is 4.99 Å². The summed E-state index contributed by atoms with van der Waals surface area (Å²) in [5, 5.41) is 0. The van der Waals surface area contributed by atoms with Gasteiger partial charge >= 0.3 is 0 Å². The number of hydrogen-bond donors (Lipinski definition) is 2. The summed E-state index contributed by atoms with van der Waals surface area (Å²) in [5.74, 6) is -0.0318. The lowest BCUT2D eigenvalue weighted by Crippen LogP contribution is -2.40. The van der Waals surface area contributed by atoms with Gasteiger partial charge in [-0.1, -0.05) is 19.3 Å². The fourth-order valence-electron chi connectivity index (χ4n) is 1.94. The van der Waals surface area contributed by atoms with E-state index >= 15 is 0 Å². The molecule has 1 fully saturated rings. The Morgan fingerprint density at radius 2 is 1.88 bits per heavy atom. The highest BCUT2D eigenvalue weighted by atomic mass is 127. The minimum atomic E-state index is -0.0274. The fraction of sp³-hybridized carbons (Fsp3) is 0.800. The van der Waals surface area contributed by atoms with Crippen molar-refractivity contribution in [3.05, 3.63) is 0 Å². The quantitative estimate of drug-likeness (QED) is 0.450. The van der Waals surface area contributed by atoms with E-state index in [1.165, 1.54) is 19.3 Å². The molecular weight excluding hydrogens is 319 g/mol. The third kappa shape index (κ3) is 5.00. The van der Waals surface area contributed by atoms with Crippen LogP contribution in [0.25, 0.3) is 0 Å². The van der Waals surface area contributed by atoms with E-state index in [9.17, 15) is 4.79 Å². The second-order valence-electron chi connectivity index (χ2n) is 4.04. The molecule has 1 rings (SSSR count). The average molecular weight is 340 g/mol. The molecule has 5 nitrogen and oxygen atoms in total. The summed E-state index contributed by atoms with van der Waals surface area (Å²) in [4.78, 5) is 17.2. The van der Waals surface area contributed by atoms with Gasteiger partial charge in [-0.3, -0.25) is 4.79 Å². The summed E-state index contributed by atoms with van der Waals surface area (Å²) in [6.07, 6.45) is 5.91. The number of likely N-dealkylation sites (N-methyl/N-ethyl adjacent to an activating group) is 1. The molecule has 0 atom stereocenters. The molecule has 0 bridgehead atoms. The molecule has 0 radical (unpaired) electrons. The average Bonchev–Trinajstić information content (AvgIpc) is 2.26. The summed E-state index contributed by atoms with van der Waals surface area (Å²) in [7, 11) is 1.83. The van der Waals surface area contributed by atoms with Crippen LogP contribution >= 0.6 is 24.0 Å². The Kier molecular flexibility index (Phi) is 7.44. The number of rotatable bonds is 3. The Bertz CT molecular complexity index is 247. The molecule has 1 aliphatic rings. The van der Waals surface area contributed by atoms with Gasteiger partial charge < -0.3 is 16.4 Å². The van der Waals surface area contributed by atoms with Crippen LogP contribution in [-0.4, -0.2) is 36.4 Å². The van der Waals surface area contributed by atoms with E-state index in [2.05, 4.69) is 4.99 Å². The monoisotopic (exact) mass is 340 g/mol. The zero-order valence-corrected chi connectivity index (χ0v) is 12.0. The van der Waals surface area contributed by atoms with Gasteiger partial charge in [-0.25, -0.2) is 4.99 Å². The number of nitrogens with zero attached hydrogens (tertiary/aromatic N) is 2. The van der Waals surface area contributed by atoms with E-state index < -0.39 is 0 Å². The van der Waals surface area contributed by atoms with Crippen molar-refractivity contribution in [1.82, 2.24) is 4.90 Å². The van der Waals surface area contributed by atoms with E-state index in [1.807, 2.05) is 7.05 Å². The second-order valence-corrected chi connectivity index (χ2v) is 4.04. The van der Waals surface area contributed by atoms with Crippen LogP contribution in [0.1, 0.15) is 32.1 Å². The predicted octanol–water partition coefficient (Wildman–Crippen LogP) is 0.669. The number of hydrogen-bond acceptors (Lipinski definition) is 2. The van der Waals surface area contributed by atoms with Crippen LogP contribution in [0.2, 0.25) is 0 Å². The number of carbonyl (C=O) groups is 1. The predicted molar refractivity (Wildman–Crippen MR) is 75.7 cm³/mol. The highest BCUT2D eigenvalue weighted by Gasteiger charge is 2.21. The van der Waals surface area contributed by atoms with Gasteiger partial charge in [0, 0.05) is 13.1 Å². The summed E-state index contributed by atoms with van der Waals surface area (Å²) in [6.45, 7) is 0.0648. The molecule has 1 amide bonds. The van der Waals surface area contributed by atoms with Crippen molar-refractivity contribution in [3.63, 3.8) is 0 Å². The largest absolute Gasteiger partial charge is 0.370 e. The number of aliphatic imine (C=N–C) groups is 1.